The summed E-state index contributed by atoms with van der Waals surface area (Å²) in [5, 5.41) is 4.39. The van der Waals surface area contributed by atoms with Crippen molar-refractivity contribution in [3.05, 3.63) is 59.2 Å². The van der Waals surface area contributed by atoms with Crippen molar-refractivity contribution < 1.29 is 27.2 Å². The van der Waals surface area contributed by atoms with Crippen LogP contribution < -0.4 is 15.5 Å². The van der Waals surface area contributed by atoms with E-state index in [2.05, 4.69) is 10.6 Å². The number of rotatable bonds is 5. The van der Waals surface area contributed by atoms with E-state index in [0.29, 0.717) is 24.7 Å². The number of halogens is 4. The average Bonchev–Trinajstić information content (AvgIpc) is 2.67. The van der Waals surface area contributed by atoms with Crippen LogP contribution in [0.25, 0.3) is 0 Å². The van der Waals surface area contributed by atoms with Crippen LogP contribution in [0.15, 0.2) is 30.3 Å². The summed E-state index contributed by atoms with van der Waals surface area (Å²) in [4.78, 5) is 25.5. The van der Waals surface area contributed by atoms with Crippen LogP contribution >= 0.6 is 0 Å². The minimum atomic E-state index is -1.70. The summed E-state index contributed by atoms with van der Waals surface area (Å²) in [6.45, 7) is -0.163. The Hall–Kier alpha value is -3.10. The van der Waals surface area contributed by atoms with E-state index >= 15 is 0 Å². The first-order valence-corrected chi connectivity index (χ1v) is 8.59. The molecule has 148 valence electrons. The zero-order valence-corrected chi connectivity index (χ0v) is 14.7. The highest BCUT2D eigenvalue weighted by atomic mass is 19.2. The summed E-state index contributed by atoms with van der Waals surface area (Å²) in [7, 11) is 0. The molecule has 0 unspecified atom stereocenters. The smallest absolute Gasteiger partial charge is 0.243 e. The van der Waals surface area contributed by atoms with Crippen LogP contribution in [0.3, 0.4) is 0 Å². The molecule has 2 aromatic rings. The van der Waals surface area contributed by atoms with Gasteiger partial charge in [-0.05, 0) is 36.6 Å². The highest BCUT2D eigenvalue weighted by Crippen LogP contribution is 2.29. The zero-order valence-electron chi connectivity index (χ0n) is 14.7. The molecule has 1 heterocycles. The maximum Gasteiger partial charge on any atom is 0.243 e. The highest BCUT2D eigenvalue weighted by Gasteiger charge is 2.22. The van der Waals surface area contributed by atoms with Gasteiger partial charge < -0.3 is 15.5 Å². The van der Waals surface area contributed by atoms with E-state index in [9.17, 15) is 27.2 Å². The van der Waals surface area contributed by atoms with E-state index in [1.54, 1.807) is 17.0 Å². The lowest BCUT2D eigenvalue weighted by Crippen LogP contribution is -2.42. The second-order valence-corrected chi connectivity index (χ2v) is 6.32. The first-order chi connectivity index (χ1) is 13.4. The molecule has 0 aliphatic carbocycles. The number of carbonyl (C=O) groups is 2. The van der Waals surface area contributed by atoms with Gasteiger partial charge in [0, 0.05) is 6.54 Å². The molecule has 2 aromatic carbocycles. The average molecular weight is 395 g/mol. The van der Waals surface area contributed by atoms with Gasteiger partial charge in [-0.2, -0.15) is 0 Å². The topological polar surface area (TPSA) is 61.4 Å². The van der Waals surface area contributed by atoms with Crippen molar-refractivity contribution in [3.8, 4) is 0 Å². The number of hydrogen-bond acceptors (Lipinski definition) is 3. The molecule has 2 N–H and O–H groups in total. The Labute approximate surface area is 158 Å². The van der Waals surface area contributed by atoms with Gasteiger partial charge in [0.1, 0.15) is 5.82 Å². The Morgan fingerprint density at radius 3 is 2.54 bits per heavy atom. The Bertz CT molecular complexity index is 920. The molecule has 0 fully saturated rings. The van der Waals surface area contributed by atoms with Gasteiger partial charge in [0.05, 0.1) is 24.5 Å². The third kappa shape index (κ3) is 4.24. The molecule has 5 nitrogen and oxygen atoms in total. The normalized spacial score (nSPS) is 13.1. The summed E-state index contributed by atoms with van der Waals surface area (Å²) in [5.74, 6) is -6.37. The molecular formula is C19H17F4N3O2. The van der Waals surface area contributed by atoms with E-state index in [0.717, 1.165) is 18.1 Å². The Kier molecular flexibility index (Phi) is 5.81. The first-order valence-electron chi connectivity index (χ1n) is 8.59. The van der Waals surface area contributed by atoms with Crippen molar-refractivity contribution in [1.29, 1.82) is 0 Å². The van der Waals surface area contributed by atoms with Crippen molar-refractivity contribution in [1.82, 2.24) is 5.32 Å². The van der Waals surface area contributed by atoms with Crippen molar-refractivity contribution >= 4 is 23.2 Å². The number of anilines is 2. The summed E-state index contributed by atoms with van der Waals surface area (Å²) in [6.07, 6.45) is 1.48. The van der Waals surface area contributed by atoms with E-state index in [1.807, 2.05) is 0 Å². The molecule has 9 heteroatoms. The molecule has 0 saturated carbocycles. The lowest BCUT2D eigenvalue weighted by atomic mass is 10.0. The third-order valence-electron chi connectivity index (χ3n) is 4.35. The Balaban J connectivity index is 1.56. The summed E-state index contributed by atoms with van der Waals surface area (Å²) < 4.78 is 53.7. The lowest BCUT2D eigenvalue weighted by molar-refractivity contribution is -0.123. The van der Waals surface area contributed by atoms with Gasteiger partial charge in [-0.15, -0.1) is 0 Å². The van der Waals surface area contributed by atoms with Gasteiger partial charge in [0.15, 0.2) is 17.5 Å². The van der Waals surface area contributed by atoms with Crippen molar-refractivity contribution in [3.63, 3.8) is 0 Å². The molecule has 28 heavy (non-hydrogen) atoms. The molecule has 0 radical (unpaired) electrons. The van der Waals surface area contributed by atoms with E-state index in [-0.39, 0.29) is 6.54 Å². The predicted molar refractivity (Wildman–Crippen MR) is 94.9 cm³/mol. The lowest BCUT2D eigenvalue weighted by Gasteiger charge is -2.31. The van der Waals surface area contributed by atoms with Gasteiger partial charge in [-0.25, -0.2) is 17.6 Å². The number of para-hydroxylation sites is 1. The van der Waals surface area contributed by atoms with Crippen molar-refractivity contribution in [2.24, 2.45) is 0 Å². The number of carbonyl (C=O) groups excluding carboxylic acids is 2. The van der Waals surface area contributed by atoms with Gasteiger partial charge in [0.25, 0.3) is 0 Å². The Morgan fingerprint density at radius 2 is 1.75 bits per heavy atom. The second-order valence-electron chi connectivity index (χ2n) is 6.32. The third-order valence-corrected chi connectivity index (χ3v) is 4.35. The molecule has 0 saturated heterocycles. The number of aryl methyl sites for hydroxylation is 1. The van der Waals surface area contributed by atoms with Crippen molar-refractivity contribution in [2.75, 3.05) is 29.9 Å². The summed E-state index contributed by atoms with van der Waals surface area (Å²) in [6, 6.07) is 6.28. The zero-order chi connectivity index (χ0) is 20.3. The van der Waals surface area contributed by atoms with Crippen LogP contribution in [0.1, 0.15) is 12.0 Å². The fraction of sp³-hybridized carbons (Fsp3) is 0.263. The Morgan fingerprint density at radius 1 is 0.964 bits per heavy atom. The van der Waals surface area contributed by atoms with Gasteiger partial charge >= 0.3 is 0 Å². The van der Waals surface area contributed by atoms with Crippen LogP contribution in [-0.4, -0.2) is 31.4 Å². The highest BCUT2D eigenvalue weighted by molar-refractivity contribution is 5.95. The molecular weight excluding hydrogens is 378 g/mol. The molecule has 3 rings (SSSR count). The van der Waals surface area contributed by atoms with E-state index < -0.39 is 47.3 Å². The molecule has 0 atom stereocenters. The van der Waals surface area contributed by atoms with E-state index in [4.69, 9.17) is 0 Å². The van der Waals surface area contributed by atoms with Crippen LogP contribution in [0.4, 0.5) is 28.9 Å². The number of nitrogens with zero attached hydrogens (tertiary/aromatic N) is 1. The first kappa shape index (κ1) is 19.7. The molecule has 2 amide bonds. The summed E-state index contributed by atoms with van der Waals surface area (Å²) in [5.41, 5.74) is 0.646. The summed E-state index contributed by atoms with van der Waals surface area (Å²) >= 11 is 0. The largest absolute Gasteiger partial charge is 0.360 e. The van der Waals surface area contributed by atoms with Crippen LogP contribution in [0.5, 0.6) is 0 Å². The number of nitrogens with one attached hydrogen (secondary N) is 2. The van der Waals surface area contributed by atoms with Gasteiger partial charge in [-0.1, -0.05) is 12.1 Å². The minimum Gasteiger partial charge on any atom is -0.360 e. The fourth-order valence-corrected chi connectivity index (χ4v) is 3.07. The maximum absolute atomic E-state index is 14.1. The van der Waals surface area contributed by atoms with Crippen LogP contribution in [-0.2, 0) is 16.0 Å². The fourth-order valence-electron chi connectivity index (χ4n) is 3.07. The molecule has 0 spiro atoms. The van der Waals surface area contributed by atoms with Gasteiger partial charge in [0.2, 0.25) is 11.8 Å². The molecule has 0 aromatic heterocycles. The quantitative estimate of drug-likeness (QED) is 0.605. The molecule has 1 aliphatic heterocycles. The SMILES string of the molecule is O=C(CN1CCCc2cccc(F)c21)NCC(=O)Nc1ccc(F)c(F)c1F. The number of amides is 2. The van der Waals surface area contributed by atoms with Gasteiger partial charge in [-0.3, -0.25) is 9.59 Å². The standard InChI is InChI=1S/C19H17F4N3O2/c20-12-6-7-14(18(23)17(12)22)25-15(27)9-24-16(28)10-26-8-2-4-11-3-1-5-13(21)19(11)26/h1,3,5-7H,2,4,8-10H2,(H,24,28)(H,25,27). The van der Waals surface area contributed by atoms with Crippen LogP contribution in [0.2, 0.25) is 0 Å². The number of fused-ring (bicyclic) bond motifs is 1. The second kappa shape index (κ2) is 8.28. The predicted octanol–water partition coefficient (Wildman–Crippen LogP) is 2.75. The maximum atomic E-state index is 14.1. The number of hydrogen-bond donors (Lipinski definition) is 2. The monoisotopic (exact) mass is 395 g/mol. The van der Waals surface area contributed by atoms with E-state index in [1.165, 1.54) is 6.07 Å². The minimum absolute atomic E-state index is 0.152. The number of benzene rings is 2. The van der Waals surface area contributed by atoms with Crippen molar-refractivity contribution in [2.45, 2.75) is 12.8 Å². The van der Waals surface area contributed by atoms with Crippen LogP contribution in [0, 0.1) is 23.3 Å². The molecule has 0 bridgehead atoms. The molecule has 1 aliphatic rings.